The summed E-state index contributed by atoms with van der Waals surface area (Å²) in [4.78, 5) is 18.3. The van der Waals surface area contributed by atoms with Gasteiger partial charge >= 0.3 is 0 Å². The standard InChI is InChI=1S/C15H20N2O2S/c1-12-11-14(20-13(12)5-3-10-18)15(19)17-7-4-6-16(2)8-9-17/h11,18H,4,6-10H2,1-2H3. The SMILES string of the molecule is Cc1cc(C(=O)N2CCCN(C)CC2)sc1C#CCO. The average Bonchev–Trinajstić information content (AvgIpc) is 2.65. The summed E-state index contributed by atoms with van der Waals surface area (Å²) in [6.45, 7) is 5.36. The van der Waals surface area contributed by atoms with Crippen LogP contribution in [0, 0.1) is 18.8 Å². The normalized spacial score (nSPS) is 16.4. The van der Waals surface area contributed by atoms with Crippen LogP contribution in [0.5, 0.6) is 0 Å². The molecule has 2 heterocycles. The molecule has 4 nitrogen and oxygen atoms in total. The molecular weight excluding hydrogens is 272 g/mol. The summed E-state index contributed by atoms with van der Waals surface area (Å²) < 4.78 is 0. The second-order valence-corrected chi connectivity index (χ2v) is 6.08. The van der Waals surface area contributed by atoms with Crippen LogP contribution in [0.4, 0.5) is 0 Å². The molecule has 0 bridgehead atoms. The molecule has 108 valence electrons. The quantitative estimate of drug-likeness (QED) is 0.791. The van der Waals surface area contributed by atoms with Gasteiger partial charge in [-0.3, -0.25) is 4.79 Å². The van der Waals surface area contributed by atoms with Gasteiger partial charge in [-0.05, 0) is 38.6 Å². The Labute approximate surface area is 124 Å². The Morgan fingerprint density at radius 2 is 2.20 bits per heavy atom. The number of likely N-dealkylation sites (N-methyl/N-ethyl adjacent to an activating group) is 1. The number of thiophene rings is 1. The number of amides is 1. The second-order valence-electron chi connectivity index (χ2n) is 5.03. The number of aliphatic hydroxyl groups is 1. The Balaban J connectivity index is 2.12. The van der Waals surface area contributed by atoms with E-state index in [9.17, 15) is 4.79 Å². The smallest absolute Gasteiger partial charge is 0.264 e. The molecule has 0 radical (unpaired) electrons. The van der Waals surface area contributed by atoms with Crippen molar-refractivity contribution in [1.29, 1.82) is 0 Å². The minimum Gasteiger partial charge on any atom is -0.384 e. The van der Waals surface area contributed by atoms with Gasteiger partial charge in [-0.25, -0.2) is 0 Å². The van der Waals surface area contributed by atoms with Crippen LogP contribution >= 0.6 is 11.3 Å². The zero-order valence-corrected chi connectivity index (χ0v) is 12.8. The summed E-state index contributed by atoms with van der Waals surface area (Å²) in [7, 11) is 2.09. The topological polar surface area (TPSA) is 43.8 Å². The van der Waals surface area contributed by atoms with E-state index in [1.165, 1.54) is 11.3 Å². The fourth-order valence-corrected chi connectivity index (χ4v) is 3.25. The van der Waals surface area contributed by atoms with Crippen LogP contribution in [0.3, 0.4) is 0 Å². The van der Waals surface area contributed by atoms with E-state index in [1.807, 2.05) is 17.9 Å². The van der Waals surface area contributed by atoms with Gasteiger partial charge in [-0.1, -0.05) is 11.8 Å². The van der Waals surface area contributed by atoms with E-state index >= 15 is 0 Å². The van der Waals surface area contributed by atoms with Crippen LogP contribution in [-0.4, -0.2) is 60.6 Å². The number of rotatable bonds is 1. The van der Waals surface area contributed by atoms with Crippen LogP contribution in [0.25, 0.3) is 0 Å². The summed E-state index contributed by atoms with van der Waals surface area (Å²) in [6.07, 6.45) is 1.02. The lowest BCUT2D eigenvalue weighted by molar-refractivity contribution is 0.0767. The van der Waals surface area contributed by atoms with Crippen molar-refractivity contribution in [3.63, 3.8) is 0 Å². The molecule has 1 aromatic heterocycles. The van der Waals surface area contributed by atoms with Crippen molar-refractivity contribution in [2.45, 2.75) is 13.3 Å². The van der Waals surface area contributed by atoms with Gasteiger partial charge in [0.25, 0.3) is 5.91 Å². The second kappa shape index (κ2) is 6.89. The van der Waals surface area contributed by atoms with E-state index in [0.717, 1.165) is 47.9 Å². The molecule has 0 atom stereocenters. The van der Waals surface area contributed by atoms with Gasteiger partial charge in [0.15, 0.2) is 0 Å². The molecule has 1 aliphatic rings. The van der Waals surface area contributed by atoms with E-state index in [-0.39, 0.29) is 12.5 Å². The Morgan fingerprint density at radius 1 is 1.40 bits per heavy atom. The molecule has 1 fully saturated rings. The summed E-state index contributed by atoms with van der Waals surface area (Å²) in [5, 5.41) is 8.75. The van der Waals surface area contributed by atoms with Crippen molar-refractivity contribution in [2.75, 3.05) is 39.8 Å². The highest BCUT2D eigenvalue weighted by molar-refractivity contribution is 7.14. The Bertz CT molecular complexity index is 542. The first-order valence-corrected chi connectivity index (χ1v) is 7.61. The molecule has 0 saturated carbocycles. The van der Waals surface area contributed by atoms with Gasteiger partial charge in [0.1, 0.15) is 6.61 Å². The van der Waals surface area contributed by atoms with E-state index < -0.39 is 0 Å². The van der Waals surface area contributed by atoms with Gasteiger partial charge in [-0.2, -0.15) is 0 Å². The van der Waals surface area contributed by atoms with Crippen LogP contribution in [0.15, 0.2) is 6.07 Å². The van der Waals surface area contributed by atoms with Crippen molar-refractivity contribution in [1.82, 2.24) is 9.80 Å². The maximum Gasteiger partial charge on any atom is 0.264 e. The lowest BCUT2D eigenvalue weighted by atomic mass is 10.2. The minimum absolute atomic E-state index is 0.102. The highest BCUT2D eigenvalue weighted by Gasteiger charge is 2.21. The summed E-state index contributed by atoms with van der Waals surface area (Å²) >= 11 is 1.42. The Hall–Kier alpha value is -1.35. The number of nitrogens with zero attached hydrogens (tertiary/aromatic N) is 2. The van der Waals surface area contributed by atoms with Crippen molar-refractivity contribution < 1.29 is 9.90 Å². The van der Waals surface area contributed by atoms with Crippen LogP contribution in [-0.2, 0) is 0 Å². The van der Waals surface area contributed by atoms with Crippen LogP contribution < -0.4 is 0 Å². The molecule has 0 aliphatic carbocycles. The Morgan fingerprint density at radius 3 is 2.95 bits per heavy atom. The van der Waals surface area contributed by atoms with Crippen molar-refractivity contribution in [3.05, 3.63) is 21.4 Å². The molecule has 1 amide bonds. The zero-order valence-electron chi connectivity index (χ0n) is 12.0. The highest BCUT2D eigenvalue weighted by Crippen LogP contribution is 2.23. The number of carbonyl (C=O) groups is 1. The molecule has 1 N–H and O–H groups in total. The van der Waals surface area contributed by atoms with Gasteiger partial charge in [0.05, 0.1) is 9.75 Å². The molecule has 1 aromatic rings. The first-order valence-electron chi connectivity index (χ1n) is 6.80. The highest BCUT2D eigenvalue weighted by atomic mass is 32.1. The third-order valence-corrected chi connectivity index (χ3v) is 4.56. The molecule has 20 heavy (non-hydrogen) atoms. The van der Waals surface area contributed by atoms with E-state index in [2.05, 4.69) is 23.8 Å². The monoisotopic (exact) mass is 292 g/mol. The van der Waals surface area contributed by atoms with Gasteiger partial charge < -0.3 is 14.9 Å². The lowest BCUT2D eigenvalue weighted by Gasteiger charge is -2.19. The molecule has 5 heteroatoms. The van der Waals surface area contributed by atoms with Crippen molar-refractivity contribution in [2.24, 2.45) is 0 Å². The van der Waals surface area contributed by atoms with Crippen LogP contribution in [0.2, 0.25) is 0 Å². The van der Waals surface area contributed by atoms with E-state index in [0.29, 0.717) is 0 Å². The van der Waals surface area contributed by atoms with Crippen molar-refractivity contribution in [3.8, 4) is 11.8 Å². The summed E-state index contributed by atoms with van der Waals surface area (Å²) in [5.41, 5.74) is 1.01. The minimum atomic E-state index is -0.154. The van der Waals surface area contributed by atoms with E-state index in [4.69, 9.17) is 5.11 Å². The predicted molar refractivity (Wildman–Crippen MR) is 81.0 cm³/mol. The summed E-state index contributed by atoms with van der Waals surface area (Å²) in [5.74, 6) is 5.64. The molecule has 1 aliphatic heterocycles. The van der Waals surface area contributed by atoms with Crippen molar-refractivity contribution >= 4 is 17.2 Å². The fraction of sp³-hybridized carbons (Fsp3) is 0.533. The number of aliphatic hydroxyl groups excluding tert-OH is 1. The Kier molecular flexibility index (Phi) is 5.18. The largest absolute Gasteiger partial charge is 0.384 e. The predicted octanol–water partition coefficient (Wildman–Crippen LogP) is 1.18. The lowest BCUT2D eigenvalue weighted by Crippen LogP contribution is -2.34. The average molecular weight is 292 g/mol. The maximum atomic E-state index is 12.5. The summed E-state index contributed by atoms with van der Waals surface area (Å²) in [6, 6.07) is 1.91. The molecule has 0 aromatic carbocycles. The first-order chi connectivity index (χ1) is 9.61. The molecule has 1 saturated heterocycles. The zero-order chi connectivity index (χ0) is 14.5. The first kappa shape index (κ1) is 15.0. The van der Waals surface area contributed by atoms with Gasteiger partial charge in [0.2, 0.25) is 0 Å². The maximum absolute atomic E-state index is 12.5. The fourth-order valence-electron chi connectivity index (χ4n) is 2.24. The van der Waals surface area contributed by atoms with Gasteiger partial charge in [-0.15, -0.1) is 11.3 Å². The molecular formula is C15H20N2O2S. The number of aryl methyl sites for hydroxylation is 1. The van der Waals surface area contributed by atoms with E-state index in [1.54, 1.807) is 0 Å². The molecule has 2 rings (SSSR count). The number of carbonyl (C=O) groups excluding carboxylic acids is 1. The van der Waals surface area contributed by atoms with Gasteiger partial charge in [0, 0.05) is 19.6 Å². The van der Waals surface area contributed by atoms with Crippen LogP contribution in [0.1, 0.15) is 26.5 Å². The molecule has 0 spiro atoms. The third-order valence-electron chi connectivity index (χ3n) is 3.42. The number of hydrogen-bond acceptors (Lipinski definition) is 4. The third kappa shape index (κ3) is 3.60. The molecule has 0 unspecified atom stereocenters. The number of hydrogen-bond donors (Lipinski definition) is 1.